The van der Waals surface area contributed by atoms with Crippen LogP contribution < -0.4 is 10.9 Å². The van der Waals surface area contributed by atoms with Gasteiger partial charge in [-0.25, -0.2) is 4.98 Å². The van der Waals surface area contributed by atoms with E-state index >= 15 is 0 Å². The van der Waals surface area contributed by atoms with Gasteiger partial charge in [0, 0.05) is 18.5 Å². The van der Waals surface area contributed by atoms with E-state index in [1.54, 1.807) is 6.92 Å². The van der Waals surface area contributed by atoms with E-state index in [0.29, 0.717) is 44.1 Å². The summed E-state index contributed by atoms with van der Waals surface area (Å²) >= 11 is 0. The van der Waals surface area contributed by atoms with Gasteiger partial charge >= 0.3 is 6.18 Å². The Morgan fingerprint density at radius 3 is 2.50 bits per heavy atom. The molecule has 3 rings (SSSR count). The fourth-order valence-electron chi connectivity index (χ4n) is 4.10. The third kappa shape index (κ3) is 5.28. The Balaban J connectivity index is 1.56. The molecular weight excluding hydrogens is 403 g/mol. The summed E-state index contributed by atoms with van der Waals surface area (Å²) in [5.74, 6) is -1.27. The molecule has 1 aromatic rings. The quantitative estimate of drug-likeness (QED) is 0.649. The average Bonchev–Trinajstić information content (AvgIpc) is 2.66. The molecule has 0 atom stereocenters. The third-order valence-corrected chi connectivity index (χ3v) is 6.14. The second-order valence-electron chi connectivity index (χ2n) is 8.54. The second kappa shape index (κ2) is 9.15. The molecule has 7 nitrogen and oxygen atoms in total. The van der Waals surface area contributed by atoms with E-state index in [1.807, 2.05) is 0 Å². The van der Waals surface area contributed by atoms with Gasteiger partial charge in [-0.15, -0.1) is 0 Å². The van der Waals surface area contributed by atoms with Gasteiger partial charge in [-0.3, -0.25) is 14.2 Å². The molecule has 2 aliphatic rings. The number of Topliss-reactive ketones (excluding diaryl/α,β-unsaturated/α-hetero) is 1. The number of ether oxygens (including phenoxy) is 1. The lowest BCUT2D eigenvalue weighted by molar-refractivity contribution is -0.182. The van der Waals surface area contributed by atoms with Crippen molar-refractivity contribution in [2.45, 2.75) is 51.2 Å². The minimum atomic E-state index is -4.17. The molecule has 0 unspecified atom stereocenters. The van der Waals surface area contributed by atoms with E-state index in [9.17, 15) is 27.9 Å². The summed E-state index contributed by atoms with van der Waals surface area (Å²) in [6.07, 6.45) is -3.39. The van der Waals surface area contributed by atoms with Crippen LogP contribution in [0.2, 0.25) is 0 Å². The van der Waals surface area contributed by atoms with Gasteiger partial charge in [0.1, 0.15) is 5.82 Å². The van der Waals surface area contributed by atoms with E-state index in [1.165, 1.54) is 10.6 Å². The number of aliphatic hydroxyl groups is 1. The Labute approximate surface area is 172 Å². The summed E-state index contributed by atoms with van der Waals surface area (Å²) in [5, 5.41) is 12.4. The van der Waals surface area contributed by atoms with Crippen LogP contribution in [0.1, 0.15) is 43.1 Å². The van der Waals surface area contributed by atoms with Crippen molar-refractivity contribution in [2.75, 3.05) is 32.9 Å². The highest BCUT2D eigenvalue weighted by atomic mass is 19.4. The second-order valence-corrected chi connectivity index (χ2v) is 8.54. The first-order chi connectivity index (χ1) is 14.1. The van der Waals surface area contributed by atoms with Crippen LogP contribution in [-0.4, -0.2) is 59.5 Å². The normalized spacial score (nSPS) is 23.8. The summed E-state index contributed by atoms with van der Waals surface area (Å²) in [5.41, 5.74) is -0.209. The number of aliphatic hydroxyl groups excluding tert-OH is 1. The maximum Gasteiger partial charge on any atom is 0.391 e. The predicted octanol–water partition coefficient (Wildman–Crippen LogP) is 1.56. The number of carbonyl (C=O) groups is 1. The van der Waals surface area contributed by atoms with Crippen LogP contribution in [0.4, 0.5) is 13.2 Å². The first kappa shape index (κ1) is 22.9. The summed E-state index contributed by atoms with van der Waals surface area (Å²) in [6.45, 7) is 2.85. The van der Waals surface area contributed by atoms with E-state index < -0.39 is 12.1 Å². The SMILES string of the molecule is Cc1nc(C2CCC(C(F)(F)F)CC2)cc(=O)n1CC(=O)CNCC1(CO)COC1. The predicted molar refractivity (Wildman–Crippen MR) is 102 cm³/mol. The topological polar surface area (TPSA) is 93.5 Å². The van der Waals surface area contributed by atoms with Crippen LogP contribution in [0.15, 0.2) is 10.9 Å². The molecule has 1 saturated heterocycles. The van der Waals surface area contributed by atoms with E-state index in [0.717, 1.165) is 0 Å². The summed E-state index contributed by atoms with van der Waals surface area (Å²) in [4.78, 5) is 29.2. The van der Waals surface area contributed by atoms with Gasteiger partial charge in [0.15, 0.2) is 5.78 Å². The maximum absolute atomic E-state index is 12.8. The number of nitrogens with zero attached hydrogens (tertiary/aromatic N) is 2. The molecule has 0 aromatic carbocycles. The Morgan fingerprint density at radius 1 is 1.33 bits per heavy atom. The van der Waals surface area contributed by atoms with E-state index in [-0.39, 0.29) is 55.2 Å². The Bertz CT molecular complexity index is 807. The lowest BCUT2D eigenvalue weighted by atomic mass is 9.80. The van der Waals surface area contributed by atoms with Gasteiger partial charge in [-0.1, -0.05) is 0 Å². The average molecular weight is 431 g/mol. The van der Waals surface area contributed by atoms with Gasteiger partial charge in [0.05, 0.1) is 49.9 Å². The Morgan fingerprint density at radius 2 is 2.00 bits per heavy atom. The zero-order chi connectivity index (χ0) is 21.9. The number of nitrogens with one attached hydrogen (secondary N) is 1. The standard InChI is InChI=1S/C20H28F3N3O4/c1-13-25-17(14-2-4-15(5-3-14)20(21,22)23)6-18(29)26(13)8-16(28)7-24-9-19(10-27)11-30-12-19/h6,14-15,24,27H,2-5,7-12H2,1H3. The number of rotatable bonds is 8. The van der Waals surface area contributed by atoms with Gasteiger partial charge in [0.25, 0.3) is 5.56 Å². The van der Waals surface area contributed by atoms with Crippen LogP contribution in [0.5, 0.6) is 0 Å². The van der Waals surface area contributed by atoms with Crippen molar-refractivity contribution < 1.29 is 27.8 Å². The van der Waals surface area contributed by atoms with Crippen LogP contribution in [-0.2, 0) is 16.1 Å². The van der Waals surface area contributed by atoms with Crippen molar-refractivity contribution in [1.82, 2.24) is 14.9 Å². The fourth-order valence-corrected chi connectivity index (χ4v) is 4.10. The Hall–Kier alpha value is -1.78. The van der Waals surface area contributed by atoms with Gasteiger partial charge in [-0.05, 0) is 32.6 Å². The van der Waals surface area contributed by atoms with Crippen molar-refractivity contribution in [3.8, 4) is 0 Å². The third-order valence-electron chi connectivity index (χ3n) is 6.14. The number of ketones is 1. The molecule has 30 heavy (non-hydrogen) atoms. The molecule has 0 radical (unpaired) electrons. The monoisotopic (exact) mass is 431 g/mol. The molecule has 2 fully saturated rings. The first-order valence-electron chi connectivity index (χ1n) is 10.2. The fraction of sp³-hybridized carbons (Fsp3) is 0.750. The van der Waals surface area contributed by atoms with E-state index in [2.05, 4.69) is 10.3 Å². The largest absolute Gasteiger partial charge is 0.396 e. The summed E-state index contributed by atoms with van der Waals surface area (Å²) in [7, 11) is 0. The molecular formula is C20H28F3N3O4. The molecule has 0 spiro atoms. The Kier molecular flexibility index (Phi) is 6.98. The molecule has 1 aromatic heterocycles. The van der Waals surface area contributed by atoms with Crippen molar-refractivity contribution in [3.05, 3.63) is 27.9 Å². The molecule has 1 aliphatic carbocycles. The molecule has 10 heteroatoms. The minimum absolute atomic E-state index is 0.0248. The molecule has 168 valence electrons. The zero-order valence-corrected chi connectivity index (χ0v) is 17.0. The highest BCUT2D eigenvalue weighted by Gasteiger charge is 2.42. The molecule has 2 N–H and O–H groups in total. The highest BCUT2D eigenvalue weighted by Crippen LogP contribution is 2.42. The lowest BCUT2D eigenvalue weighted by Gasteiger charge is -2.39. The molecule has 2 heterocycles. The summed E-state index contributed by atoms with van der Waals surface area (Å²) < 4.78 is 44.9. The van der Waals surface area contributed by atoms with Gasteiger partial charge in [-0.2, -0.15) is 13.2 Å². The number of carbonyl (C=O) groups excluding carboxylic acids is 1. The maximum atomic E-state index is 12.8. The number of aryl methyl sites for hydroxylation is 1. The molecule has 0 bridgehead atoms. The summed E-state index contributed by atoms with van der Waals surface area (Å²) in [6, 6.07) is 1.35. The molecule has 1 aliphatic heterocycles. The number of halogens is 3. The van der Waals surface area contributed by atoms with Crippen LogP contribution in [0, 0.1) is 18.3 Å². The molecule has 0 amide bonds. The van der Waals surface area contributed by atoms with Gasteiger partial charge in [0.2, 0.25) is 0 Å². The van der Waals surface area contributed by atoms with Crippen molar-refractivity contribution in [3.63, 3.8) is 0 Å². The number of aromatic nitrogens is 2. The van der Waals surface area contributed by atoms with Crippen LogP contribution in [0.25, 0.3) is 0 Å². The zero-order valence-electron chi connectivity index (χ0n) is 17.0. The molecule has 1 saturated carbocycles. The van der Waals surface area contributed by atoms with Crippen LogP contribution >= 0.6 is 0 Å². The first-order valence-corrected chi connectivity index (χ1v) is 10.2. The van der Waals surface area contributed by atoms with Crippen molar-refractivity contribution in [2.24, 2.45) is 11.3 Å². The highest BCUT2D eigenvalue weighted by molar-refractivity contribution is 5.80. The lowest BCUT2D eigenvalue weighted by Crippen LogP contribution is -2.53. The number of hydrogen-bond acceptors (Lipinski definition) is 6. The number of hydrogen-bond donors (Lipinski definition) is 2. The van der Waals surface area contributed by atoms with Gasteiger partial charge < -0.3 is 15.2 Å². The van der Waals surface area contributed by atoms with E-state index in [4.69, 9.17) is 4.74 Å². The van der Waals surface area contributed by atoms with Crippen molar-refractivity contribution >= 4 is 5.78 Å². The van der Waals surface area contributed by atoms with Crippen molar-refractivity contribution in [1.29, 1.82) is 0 Å². The number of alkyl halides is 3. The minimum Gasteiger partial charge on any atom is -0.396 e. The van der Waals surface area contributed by atoms with Crippen LogP contribution in [0.3, 0.4) is 0 Å². The smallest absolute Gasteiger partial charge is 0.391 e.